The molecule has 1 aromatic rings. The highest BCUT2D eigenvalue weighted by Crippen LogP contribution is 2.25. The number of amides is 2. The first-order valence-electron chi connectivity index (χ1n) is 8.71. The number of carbonyl (C=O) groups excluding carboxylic acids is 1. The molecule has 2 aliphatic heterocycles. The van der Waals surface area contributed by atoms with E-state index in [0.29, 0.717) is 0 Å². The zero-order chi connectivity index (χ0) is 16.2. The van der Waals surface area contributed by atoms with E-state index in [1.807, 2.05) is 12.1 Å². The van der Waals surface area contributed by atoms with Crippen LogP contribution in [0, 0.1) is 5.92 Å². The van der Waals surface area contributed by atoms with E-state index in [2.05, 4.69) is 29.3 Å². The predicted molar refractivity (Wildman–Crippen MR) is 92.9 cm³/mol. The van der Waals surface area contributed by atoms with E-state index in [1.165, 1.54) is 18.5 Å². The Labute approximate surface area is 138 Å². The number of carbonyl (C=O) groups is 1. The molecule has 1 atom stereocenters. The number of anilines is 2. The summed E-state index contributed by atoms with van der Waals surface area (Å²) in [7, 11) is 0. The van der Waals surface area contributed by atoms with Crippen LogP contribution in [0.3, 0.4) is 0 Å². The van der Waals surface area contributed by atoms with Crippen LogP contribution in [0.15, 0.2) is 24.3 Å². The van der Waals surface area contributed by atoms with Crippen molar-refractivity contribution in [2.75, 3.05) is 36.5 Å². The zero-order valence-corrected chi connectivity index (χ0v) is 13.9. The second-order valence-electron chi connectivity index (χ2n) is 6.82. The molecule has 0 unspecified atom stereocenters. The average molecular weight is 317 g/mol. The van der Waals surface area contributed by atoms with Crippen molar-refractivity contribution in [1.29, 1.82) is 0 Å². The van der Waals surface area contributed by atoms with Crippen LogP contribution in [-0.2, 0) is 0 Å². The molecule has 1 aromatic carbocycles. The van der Waals surface area contributed by atoms with Crippen LogP contribution >= 0.6 is 0 Å². The second kappa shape index (κ2) is 7.21. The molecule has 2 N–H and O–H groups in total. The molecule has 5 heteroatoms. The Balaban J connectivity index is 1.58. The van der Waals surface area contributed by atoms with E-state index in [1.54, 1.807) is 4.90 Å². The van der Waals surface area contributed by atoms with E-state index in [0.717, 1.165) is 44.1 Å². The van der Waals surface area contributed by atoms with Gasteiger partial charge in [-0.05, 0) is 55.9 Å². The van der Waals surface area contributed by atoms with Crippen molar-refractivity contribution in [2.24, 2.45) is 5.92 Å². The molecular formula is C18H27N3O2. The molecule has 2 saturated heterocycles. The lowest BCUT2D eigenvalue weighted by atomic mass is 9.99. The maximum Gasteiger partial charge on any atom is 0.322 e. The Morgan fingerprint density at radius 3 is 2.52 bits per heavy atom. The van der Waals surface area contributed by atoms with Crippen molar-refractivity contribution in [1.82, 2.24) is 4.90 Å². The first-order chi connectivity index (χ1) is 11.2. The summed E-state index contributed by atoms with van der Waals surface area (Å²) in [6.07, 6.45) is 4.34. The minimum atomic E-state index is -0.110. The summed E-state index contributed by atoms with van der Waals surface area (Å²) in [6, 6.07) is 7.95. The molecule has 126 valence electrons. The number of likely N-dealkylation sites (tertiary alicyclic amines) is 1. The SMILES string of the molecule is CC1CCN(c2ccc(NC(=O)N3CCC[C@H]3CO)cc2)CC1. The molecular weight excluding hydrogens is 290 g/mol. The average Bonchev–Trinajstić information content (AvgIpc) is 3.05. The molecule has 0 saturated carbocycles. The lowest BCUT2D eigenvalue weighted by Gasteiger charge is -2.32. The summed E-state index contributed by atoms with van der Waals surface area (Å²) >= 11 is 0. The summed E-state index contributed by atoms with van der Waals surface area (Å²) in [5, 5.41) is 12.3. The van der Waals surface area contributed by atoms with E-state index >= 15 is 0 Å². The minimum absolute atomic E-state index is 0.0374. The number of aliphatic hydroxyl groups excluding tert-OH is 1. The first kappa shape index (κ1) is 16.1. The fourth-order valence-electron chi connectivity index (χ4n) is 3.51. The minimum Gasteiger partial charge on any atom is -0.394 e. The van der Waals surface area contributed by atoms with Gasteiger partial charge in [0.1, 0.15) is 0 Å². The Bertz CT molecular complexity index is 524. The monoisotopic (exact) mass is 317 g/mol. The maximum atomic E-state index is 12.3. The first-order valence-corrected chi connectivity index (χ1v) is 8.71. The molecule has 0 radical (unpaired) electrons. The van der Waals surface area contributed by atoms with Crippen molar-refractivity contribution in [2.45, 2.75) is 38.6 Å². The quantitative estimate of drug-likeness (QED) is 0.901. The number of aliphatic hydroxyl groups is 1. The Hall–Kier alpha value is -1.75. The highest BCUT2D eigenvalue weighted by atomic mass is 16.3. The zero-order valence-electron chi connectivity index (χ0n) is 13.9. The van der Waals surface area contributed by atoms with Gasteiger partial charge in [0.05, 0.1) is 12.6 Å². The number of piperidine rings is 1. The highest BCUT2D eigenvalue weighted by Gasteiger charge is 2.28. The molecule has 2 aliphatic rings. The topological polar surface area (TPSA) is 55.8 Å². The molecule has 0 aromatic heterocycles. The van der Waals surface area contributed by atoms with Crippen LogP contribution in [0.5, 0.6) is 0 Å². The van der Waals surface area contributed by atoms with Gasteiger partial charge in [-0.2, -0.15) is 0 Å². The molecule has 0 aliphatic carbocycles. The van der Waals surface area contributed by atoms with Crippen LogP contribution in [0.2, 0.25) is 0 Å². The van der Waals surface area contributed by atoms with Gasteiger partial charge < -0.3 is 20.2 Å². The third kappa shape index (κ3) is 3.78. The van der Waals surface area contributed by atoms with E-state index < -0.39 is 0 Å². The molecule has 0 bridgehead atoms. The smallest absolute Gasteiger partial charge is 0.322 e. The van der Waals surface area contributed by atoms with Crippen molar-refractivity contribution in [3.63, 3.8) is 0 Å². The van der Waals surface area contributed by atoms with Crippen LogP contribution < -0.4 is 10.2 Å². The summed E-state index contributed by atoms with van der Waals surface area (Å²) in [4.78, 5) is 16.4. The van der Waals surface area contributed by atoms with Gasteiger partial charge in [0, 0.05) is 31.0 Å². The summed E-state index contributed by atoms with van der Waals surface area (Å²) in [5.41, 5.74) is 2.04. The van der Waals surface area contributed by atoms with Gasteiger partial charge in [-0.1, -0.05) is 6.92 Å². The molecule has 23 heavy (non-hydrogen) atoms. The fourth-order valence-corrected chi connectivity index (χ4v) is 3.51. The standard InChI is InChI=1S/C18H27N3O2/c1-14-8-11-20(12-9-14)16-6-4-15(5-7-16)19-18(23)21-10-2-3-17(21)13-22/h4-7,14,17,22H,2-3,8-13H2,1H3,(H,19,23)/t17-/m0/s1. The molecule has 0 spiro atoms. The van der Waals surface area contributed by atoms with E-state index in [9.17, 15) is 9.90 Å². The second-order valence-corrected chi connectivity index (χ2v) is 6.82. The van der Waals surface area contributed by atoms with Gasteiger partial charge in [-0.15, -0.1) is 0 Å². The molecule has 5 nitrogen and oxygen atoms in total. The van der Waals surface area contributed by atoms with Gasteiger partial charge in [-0.25, -0.2) is 4.79 Å². The van der Waals surface area contributed by atoms with Crippen LogP contribution in [0.1, 0.15) is 32.6 Å². The fraction of sp³-hybridized carbons (Fsp3) is 0.611. The Morgan fingerprint density at radius 1 is 1.17 bits per heavy atom. The van der Waals surface area contributed by atoms with Crippen molar-refractivity contribution in [3.05, 3.63) is 24.3 Å². The number of nitrogens with one attached hydrogen (secondary N) is 1. The van der Waals surface area contributed by atoms with Gasteiger partial charge in [0.15, 0.2) is 0 Å². The summed E-state index contributed by atoms with van der Waals surface area (Å²) in [6.45, 7) is 5.30. The Morgan fingerprint density at radius 2 is 1.87 bits per heavy atom. The Kier molecular flexibility index (Phi) is 5.06. The highest BCUT2D eigenvalue weighted by molar-refractivity contribution is 5.90. The number of benzene rings is 1. The van der Waals surface area contributed by atoms with Crippen molar-refractivity contribution in [3.8, 4) is 0 Å². The van der Waals surface area contributed by atoms with Gasteiger partial charge in [0.25, 0.3) is 0 Å². The van der Waals surface area contributed by atoms with Crippen molar-refractivity contribution >= 4 is 17.4 Å². The normalized spacial score (nSPS) is 22.4. The van der Waals surface area contributed by atoms with Crippen LogP contribution in [0.25, 0.3) is 0 Å². The molecule has 2 heterocycles. The van der Waals surface area contributed by atoms with Gasteiger partial charge >= 0.3 is 6.03 Å². The van der Waals surface area contributed by atoms with E-state index in [-0.39, 0.29) is 18.7 Å². The van der Waals surface area contributed by atoms with E-state index in [4.69, 9.17) is 0 Å². The van der Waals surface area contributed by atoms with Gasteiger partial charge in [-0.3, -0.25) is 0 Å². The molecule has 2 fully saturated rings. The van der Waals surface area contributed by atoms with Gasteiger partial charge in [0.2, 0.25) is 0 Å². The number of urea groups is 1. The van der Waals surface area contributed by atoms with Crippen LogP contribution in [-0.4, -0.2) is 48.3 Å². The number of hydrogen-bond donors (Lipinski definition) is 2. The summed E-state index contributed by atoms with van der Waals surface area (Å²) in [5.74, 6) is 0.824. The largest absolute Gasteiger partial charge is 0.394 e. The third-order valence-corrected chi connectivity index (χ3v) is 5.12. The lowest BCUT2D eigenvalue weighted by molar-refractivity contribution is 0.166. The number of nitrogens with zero attached hydrogens (tertiary/aromatic N) is 2. The van der Waals surface area contributed by atoms with Crippen LogP contribution in [0.4, 0.5) is 16.2 Å². The maximum absolute atomic E-state index is 12.3. The predicted octanol–water partition coefficient (Wildman–Crippen LogP) is 2.91. The number of hydrogen-bond acceptors (Lipinski definition) is 3. The number of rotatable bonds is 3. The lowest BCUT2D eigenvalue weighted by Crippen LogP contribution is -2.40. The molecule has 3 rings (SSSR count). The summed E-state index contributed by atoms with van der Waals surface area (Å²) < 4.78 is 0. The molecule has 2 amide bonds. The third-order valence-electron chi connectivity index (χ3n) is 5.12. The van der Waals surface area contributed by atoms with Crippen molar-refractivity contribution < 1.29 is 9.90 Å².